The number of aliphatic hydroxyl groups excluding tert-OH is 1. The number of halogens is 2. The van der Waals surface area contributed by atoms with Gasteiger partial charge in [-0.15, -0.1) is 0 Å². The van der Waals surface area contributed by atoms with Crippen LogP contribution < -0.4 is 32.7 Å². The number of anilines is 1. The first kappa shape index (κ1) is 53.8. The van der Waals surface area contributed by atoms with Crippen LogP contribution in [0.5, 0.6) is 0 Å². The van der Waals surface area contributed by atoms with E-state index in [1.165, 1.54) is 31.0 Å². The summed E-state index contributed by atoms with van der Waals surface area (Å²) in [6.07, 6.45) is -1.10. The smallest absolute Gasteiger partial charge is 0.409 e. The molecular formula is C49H69F2N7O12. The van der Waals surface area contributed by atoms with Gasteiger partial charge in [-0.2, -0.15) is 0 Å². The number of alkyl carbamates (subject to hydrolysis) is 1. The number of primary amides is 1. The van der Waals surface area contributed by atoms with E-state index in [1.807, 2.05) is 6.92 Å². The molecule has 4 fully saturated rings. The van der Waals surface area contributed by atoms with E-state index in [0.717, 1.165) is 6.08 Å². The lowest BCUT2D eigenvalue weighted by atomic mass is 9.44. The predicted octanol–water partition coefficient (Wildman–Crippen LogP) is 4.00. The summed E-state index contributed by atoms with van der Waals surface area (Å²) in [5, 5.41) is 22.3. The Labute approximate surface area is 406 Å². The number of Topliss-reactive ketones (excluding diaryl/α,β-unsaturated/α-hetero) is 1. The van der Waals surface area contributed by atoms with Crippen LogP contribution in [0.3, 0.4) is 0 Å². The molecule has 0 bridgehead atoms. The molecule has 19 nitrogen and oxygen atoms in total. The molecule has 4 aliphatic carbocycles. The summed E-state index contributed by atoms with van der Waals surface area (Å²) in [5.74, 6) is -4.10. The van der Waals surface area contributed by atoms with E-state index in [9.17, 15) is 38.7 Å². The van der Waals surface area contributed by atoms with Crippen LogP contribution in [0.1, 0.15) is 92.1 Å². The Balaban J connectivity index is 1.01. The number of alkyl halides is 2. The zero-order chi connectivity index (χ0) is 51.6. The number of hydrogen-bond acceptors (Lipinski definition) is 13. The van der Waals surface area contributed by atoms with E-state index in [1.54, 1.807) is 52.0 Å². The monoisotopic (exact) mass is 985 g/mol. The Morgan fingerprint density at radius 3 is 2.34 bits per heavy atom. The maximum Gasteiger partial charge on any atom is 0.409 e. The summed E-state index contributed by atoms with van der Waals surface area (Å²) >= 11 is 0. The minimum Gasteiger partial charge on any atom is -0.445 e. The quantitative estimate of drug-likeness (QED) is 0.0967. The molecule has 21 heteroatoms. The van der Waals surface area contributed by atoms with E-state index in [4.69, 9.17) is 30.4 Å². The van der Waals surface area contributed by atoms with Crippen molar-refractivity contribution < 1.29 is 66.4 Å². The van der Waals surface area contributed by atoms with Crippen LogP contribution in [0.2, 0.25) is 0 Å². The van der Waals surface area contributed by atoms with Gasteiger partial charge in [0.15, 0.2) is 29.9 Å². The molecule has 12 atom stereocenters. The average Bonchev–Trinajstić information content (AvgIpc) is 3.70. The van der Waals surface area contributed by atoms with E-state index in [0.29, 0.717) is 30.5 Å². The first-order chi connectivity index (χ1) is 32.9. The number of likely N-dealkylation sites (N-methyl/N-ethyl adjacent to an activating group) is 1. The fourth-order valence-corrected chi connectivity index (χ4v) is 11.7. The van der Waals surface area contributed by atoms with Crippen molar-refractivity contribution in [2.45, 2.75) is 141 Å². The molecule has 9 N–H and O–H groups in total. The summed E-state index contributed by atoms with van der Waals surface area (Å²) in [7, 11) is 1.45. The standard InChI is InChI=1S/C49H69F2N7O12/c1-8-10-38-69-47(6)23-33-31-22-34(50)32-21-30(59)16-17-45(32,4)48(31,51)36(60)24-46(33,5)49(47,70-38)37(61)26-67-43(65)55-19-20-58(7)44(66)68-25-28-12-14-29(15-13-28)56-40(62)35(11-9-18-54-42(53)64)57-41(63)39(52)27(2)3/h12-17,21,27,31,33-36,38-39,60H,8-11,18-20,22-26,52H2,1-7H3,(H,55,65)(H,56,62)(H,57,63)(H3,53,54,64)/t31-,33-,34-,35-,36-,38?,39-,45-,46-,47+,48-,49-/m0/s1. The SMILES string of the molecule is CCCC1O[C@]2(C(=O)COC(=O)NCCN(C)C(=O)OCc3ccc(NC(=O)[C@H](CCCNC(N)=O)NC(=O)[C@@H](N)C(C)C)cc3)[C@@](C)(C[C@H]3[C@@H]4C[C@H](F)C5=CC(=O)C=C[C@]5(C)[C@@]4(F)[C@@H](O)C[C@@]32C)O1. The lowest BCUT2D eigenvalue weighted by Gasteiger charge is -2.63. The number of nitrogens with one attached hydrogen (secondary N) is 4. The minimum absolute atomic E-state index is 0.0123. The van der Waals surface area contributed by atoms with Crippen LogP contribution in [-0.4, -0.2) is 132 Å². The van der Waals surface area contributed by atoms with E-state index in [2.05, 4.69) is 21.3 Å². The number of nitrogens with zero attached hydrogens (tertiary/aromatic N) is 1. The van der Waals surface area contributed by atoms with Gasteiger partial charge in [-0.05, 0) is 99.6 Å². The molecule has 386 valence electrons. The van der Waals surface area contributed by atoms with E-state index in [-0.39, 0.29) is 63.4 Å². The second-order valence-corrected chi connectivity index (χ2v) is 20.3. The Morgan fingerprint density at radius 1 is 0.986 bits per heavy atom. The van der Waals surface area contributed by atoms with Crippen molar-refractivity contribution in [2.75, 3.05) is 38.6 Å². The molecule has 5 aliphatic rings. The van der Waals surface area contributed by atoms with Gasteiger partial charge in [0.2, 0.25) is 17.6 Å². The highest BCUT2D eigenvalue weighted by Crippen LogP contribution is 2.74. The molecule has 1 aliphatic heterocycles. The highest BCUT2D eigenvalue weighted by Gasteiger charge is 2.83. The normalized spacial score (nSPS) is 32.5. The molecule has 1 heterocycles. The number of carbonyl (C=O) groups is 7. The molecule has 0 radical (unpaired) electrons. The van der Waals surface area contributed by atoms with Crippen LogP contribution >= 0.6 is 0 Å². The highest BCUT2D eigenvalue weighted by molar-refractivity contribution is 6.01. The number of urea groups is 1. The average molecular weight is 986 g/mol. The molecule has 0 spiro atoms. The topological polar surface area (TPSA) is 280 Å². The number of hydrogen-bond donors (Lipinski definition) is 7. The van der Waals surface area contributed by atoms with Gasteiger partial charge in [-0.25, -0.2) is 23.2 Å². The molecule has 6 rings (SSSR count). The van der Waals surface area contributed by atoms with Gasteiger partial charge in [0.05, 0.1) is 12.1 Å². The molecule has 6 amide bonds. The van der Waals surface area contributed by atoms with Gasteiger partial charge in [-0.3, -0.25) is 19.2 Å². The molecule has 1 unspecified atom stereocenters. The van der Waals surface area contributed by atoms with Crippen LogP contribution in [0.4, 0.5) is 28.9 Å². The summed E-state index contributed by atoms with van der Waals surface area (Å²) in [6.45, 7) is 9.61. The van der Waals surface area contributed by atoms with Crippen molar-refractivity contribution in [1.82, 2.24) is 20.9 Å². The van der Waals surface area contributed by atoms with Crippen LogP contribution in [0.15, 0.2) is 48.1 Å². The summed E-state index contributed by atoms with van der Waals surface area (Å²) < 4.78 is 58.0. The summed E-state index contributed by atoms with van der Waals surface area (Å²) in [5.41, 5.74) is 3.57. The van der Waals surface area contributed by atoms with Crippen molar-refractivity contribution in [3.63, 3.8) is 0 Å². The number of nitrogens with two attached hydrogens (primary N) is 2. The van der Waals surface area contributed by atoms with Gasteiger partial charge in [0.1, 0.15) is 24.4 Å². The van der Waals surface area contributed by atoms with Crippen LogP contribution in [0, 0.1) is 28.6 Å². The Morgan fingerprint density at radius 2 is 1.69 bits per heavy atom. The zero-order valence-corrected chi connectivity index (χ0v) is 40.9. The number of ether oxygens (including phenoxy) is 4. The third-order valence-corrected chi connectivity index (χ3v) is 15.4. The molecular weight excluding hydrogens is 917 g/mol. The fraction of sp³-hybridized carbons (Fsp3) is 0.653. The predicted molar refractivity (Wildman–Crippen MR) is 250 cm³/mol. The molecule has 70 heavy (non-hydrogen) atoms. The number of ketones is 2. The van der Waals surface area contributed by atoms with Crippen molar-refractivity contribution in [3.8, 4) is 0 Å². The minimum atomic E-state index is -2.39. The fourth-order valence-electron chi connectivity index (χ4n) is 11.7. The first-order valence-corrected chi connectivity index (χ1v) is 24.0. The number of rotatable bonds is 19. The Bertz CT molecular complexity index is 2250. The van der Waals surface area contributed by atoms with Gasteiger partial charge >= 0.3 is 18.2 Å². The number of aliphatic hydroxyl groups is 1. The number of carbonyl (C=O) groups excluding carboxylic acids is 7. The third kappa shape index (κ3) is 10.0. The number of benzene rings is 1. The molecule has 3 saturated carbocycles. The molecule has 1 aromatic carbocycles. The summed E-state index contributed by atoms with van der Waals surface area (Å²) in [4.78, 5) is 91.0. The molecule has 1 saturated heterocycles. The van der Waals surface area contributed by atoms with Crippen molar-refractivity contribution >= 4 is 47.3 Å². The largest absolute Gasteiger partial charge is 0.445 e. The summed E-state index contributed by atoms with van der Waals surface area (Å²) in [6, 6.07) is 3.95. The van der Waals surface area contributed by atoms with E-state index < -0.39 is 118 Å². The van der Waals surface area contributed by atoms with Gasteiger partial charge < -0.3 is 61.7 Å². The maximum absolute atomic E-state index is 17.9. The number of amides is 6. The second kappa shape index (κ2) is 21.1. The van der Waals surface area contributed by atoms with Crippen LogP contribution in [-0.2, 0) is 44.7 Å². The van der Waals surface area contributed by atoms with E-state index >= 15 is 8.78 Å². The van der Waals surface area contributed by atoms with Gasteiger partial charge in [0.25, 0.3) is 0 Å². The van der Waals surface area contributed by atoms with Gasteiger partial charge in [0, 0.05) is 49.1 Å². The van der Waals surface area contributed by atoms with Crippen molar-refractivity contribution in [2.24, 2.45) is 40.1 Å². The zero-order valence-electron chi connectivity index (χ0n) is 40.9. The van der Waals surface area contributed by atoms with Crippen LogP contribution in [0.25, 0.3) is 0 Å². The lowest BCUT2D eigenvalue weighted by Crippen LogP contribution is -2.71. The molecule has 0 aromatic heterocycles. The van der Waals surface area contributed by atoms with Crippen molar-refractivity contribution in [3.05, 3.63) is 53.6 Å². The first-order valence-electron chi connectivity index (χ1n) is 24.0. The Kier molecular flexibility index (Phi) is 16.2. The highest BCUT2D eigenvalue weighted by atomic mass is 19.1. The third-order valence-electron chi connectivity index (χ3n) is 15.4. The number of allylic oxidation sites excluding steroid dienone is 4. The van der Waals surface area contributed by atoms with Gasteiger partial charge in [-0.1, -0.05) is 52.3 Å². The number of fused-ring (bicyclic) bond motifs is 7. The molecule has 1 aromatic rings. The Hall–Kier alpha value is -5.51. The second-order valence-electron chi connectivity index (χ2n) is 20.3. The lowest BCUT2D eigenvalue weighted by molar-refractivity contribution is -0.234. The maximum atomic E-state index is 17.9. The van der Waals surface area contributed by atoms with Crippen molar-refractivity contribution in [1.29, 1.82) is 0 Å².